The van der Waals surface area contributed by atoms with Crippen molar-refractivity contribution >= 4 is 27.5 Å². The molecule has 1 atom stereocenters. The Labute approximate surface area is 128 Å². The number of rotatable bonds is 2. The van der Waals surface area contributed by atoms with Gasteiger partial charge in [0.1, 0.15) is 5.75 Å². The summed E-state index contributed by atoms with van der Waals surface area (Å²) in [4.78, 5) is 0. The summed E-state index contributed by atoms with van der Waals surface area (Å²) in [5.41, 5.74) is 4.10. The molecule has 0 bridgehead atoms. The highest BCUT2D eigenvalue weighted by molar-refractivity contribution is 9.10. The van der Waals surface area contributed by atoms with Crippen LogP contribution in [0.25, 0.3) is 0 Å². The Morgan fingerprint density at radius 3 is 3.05 bits per heavy atom. The second-order valence-electron chi connectivity index (χ2n) is 5.42. The fraction of sp³-hybridized carbons (Fsp3) is 0.500. The fourth-order valence-electron chi connectivity index (χ4n) is 2.98. The van der Waals surface area contributed by atoms with Gasteiger partial charge in [0.25, 0.3) is 0 Å². The number of alkyl halides is 1. The first kappa shape index (κ1) is 13.5. The maximum Gasteiger partial charge on any atom is 0.126 e. The van der Waals surface area contributed by atoms with Crippen molar-refractivity contribution in [3.8, 4) is 5.75 Å². The molecule has 0 spiro atoms. The van der Waals surface area contributed by atoms with E-state index in [1.54, 1.807) is 0 Å². The average Bonchev–Trinajstić information content (AvgIpc) is 2.73. The maximum absolute atomic E-state index is 6.31. The van der Waals surface area contributed by atoms with Crippen LogP contribution in [0.3, 0.4) is 0 Å². The van der Waals surface area contributed by atoms with Crippen molar-refractivity contribution in [3.05, 3.63) is 39.4 Å². The van der Waals surface area contributed by atoms with Gasteiger partial charge < -0.3 is 4.74 Å². The molecule has 0 radical (unpaired) electrons. The van der Waals surface area contributed by atoms with Crippen LogP contribution < -0.4 is 4.74 Å². The van der Waals surface area contributed by atoms with E-state index in [1.165, 1.54) is 36.0 Å². The third-order valence-electron chi connectivity index (χ3n) is 3.89. The zero-order chi connectivity index (χ0) is 13.2. The molecule has 0 saturated heterocycles. The molecule has 0 fully saturated rings. The van der Waals surface area contributed by atoms with Crippen LogP contribution in [0.5, 0.6) is 5.75 Å². The highest BCUT2D eigenvalue weighted by Gasteiger charge is 2.19. The van der Waals surface area contributed by atoms with Crippen molar-refractivity contribution < 1.29 is 4.74 Å². The maximum atomic E-state index is 6.31. The minimum absolute atomic E-state index is 0.207. The van der Waals surface area contributed by atoms with Crippen molar-refractivity contribution in [2.24, 2.45) is 0 Å². The minimum Gasteiger partial charge on any atom is -0.493 e. The Kier molecular flexibility index (Phi) is 4.18. The van der Waals surface area contributed by atoms with Gasteiger partial charge in [0.2, 0.25) is 0 Å². The summed E-state index contributed by atoms with van der Waals surface area (Å²) in [6, 6.07) is 4.37. The van der Waals surface area contributed by atoms with Gasteiger partial charge in [0.15, 0.2) is 0 Å². The molecular formula is C16H18BrClO. The SMILES string of the molecule is ClC1C=C(Cc2cc(Br)cc3c2OCC3)CCCC1. The molecule has 0 amide bonds. The highest BCUT2D eigenvalue weighted by atomic mass is 79.9. The summed E-state index contributed by atoms with van der Waals surface area (Å²) in [7, 11) is 0. The quantitative estimate of drug-likeness (QED) is 0.541. The van der Waals surface area contributed by atoms with Gasteiger partial charge in [-0.15, -0.1) is 11.6 Å². The van der Waals surface area contributed by atoms with E-state index in [2.05, 4.69) is 34.1 Å². The summed E-state index contributed by atoms with van der Waals surface area (Å²) < 4.78 is 6.96. The summed E-state index contributed by atoms with van der Waals surface area (Å²) >= 11 is 9.92. The molecule has 1 heterocycles. The minimum atomic E-state index is 0.207. The first-order valence-electron chi connectivity index (χ1n) is 7.00. The van der Waals surface area contributed by atoms with E-state index >= 15 is 0 Å². The van der Waals surface area contributed by atoms with Crippen molar-refractivity contribution in [2.75, 3.05) is 6.61 Å². The van der Waals surface area contributed by atoms with E-state index in [4.69, 9.17) is 16.3 Å². The summed E-state index contributed by atoms with van der Waals surface area (Å²) in [6.45, 7) is 0.815. The smallest absolute Gasteiger partial charge is 0.126 e. The first-order chi connectivity index (χ1) is 9.22. The molecule has 102 valence electrons. The van der Waals surface area contributed by atoms with Gasteiger partial charge in [0.05, 0.1) is 12.0 Å². The van der Waals surface area contributed by atoms with Gasteiger partial charge in [-0.3, -0.25) is 0 Å². The fourth-order valence-corrected chi connectivity index (χ4v) is 3.87. The van der Waals surface area contributed by atoms with Crippen LogP contribution in [0.1, 0.15) is 36.8 Å². The molecule has 0 saturated carbocycles. The van der Waals surface area contributed by atoms with Crippen LogP contribution in [-0.2, 0) is 12.8 Å². The lowest BCUT2D eigenvalue weighted by Gasteiger charge is -2.11. The Bertz CT molecular complexity index is 510. The number of ether oxygens (including phenoxy) is 1. The Hall–Kier alpha value is -0.470. The third kappa shape index (κ3) is 3.17. The van der Waals surface area contributed by atoms with Crippen LogP contribution in [0.15, 0.2) is 28.3 Å². The van der Waals surface area contributed by atoms with Gasteiger partial charge >= 0.3 is 0 Å². The molecule has 0 aromatic heterocycles. The number of halogens is 2. The van der Waals surface area contributed by atoms with Crippen LogP contribution >= 0.6 is 27.5 Å². The van der Waals surface area contributed by atoms with Crippen LogP contribution in [-0.4, -0.2) is 12.0 Å². The van der Waals surface area contributed by atoms with Crippen LogP contribution in [0, 0.1) is 0 Å². The molecule has 1 unspecified atom stereocenters. The van der Waals surface area contributed by atoms with E-state index in [1.807, 2.05) is 0 Å². The van der Waals surface area contributed by atoms with Gasteiger partial charge in [-0.05, 0) is 48.9 Å². The monoisotopic (exact) mass is 340 g/mol. The van der Waals surface area contributed by atoms with E-state index in [-0.39, 0.29) is 5.38 Å². The molecule has 2 aliphatic rings. The van der Waals surface area contributed by atoms with E-state index in [0.717, 1.165) is 36.1 Å². The largest absolute Gasteiger partial charge is 0.493 e. The molecule has 1 aromatic carbocycles. The Balaban J connectivity index is 1.87. The van der Waals surface area contributed by atoms with Gasteiger partial charge in [-0.1, -0.05) is 34.0 Å². The number of fused-ring (bicyclic) bond motifs is 1. The zero-order valence-corrected chi connectivity index (χ0v) is 13.3. The van der Waals surface area contributed by atoms with Gasteiger partial charge in [0, 0.05) is 10.9 Å². The molecule has 0 N–H and O–H groups in total. The van der Waals surface area contributed by atoms with Crippen molar-refractivity contribution in [1.29, 1.82) is 0 Å². The predicted octanol–water partition coefficient (Wildman–Crippen LogP) is 5.03. The van der Waals surface area contributed by atoms with Crippen molar-refractivity contribution in [3.63, 3.8) is 0 Å². The molecule has 1 aliphatic carbocycles. The normalized spacial score (nSPS) is 22.4. The molecule has 1 aromatic rings. The van der Waals surface area contributed by atoms with Crippen LogP contribution in [0.4, 0.5) is 0 Å². The summed E-state index contributed by atoms with van der Waals surface area (Å²) in [5.74, 6) is 1.11. The van der Waals surface area contributed by atoms with E-state index in [9.17, 15) is 0 Å². The van der Waals surface area contributed by atoms with Crippen molar-refractivity contribution in [2.45, 2.75) is 43.9 Å². The van der Waals surface area contributed by atoms with Gasteiger partial charge in [-0.2, -0.15) is 0 Å². The lowest BCUT2D eigenvalue weighted by Crippen LogP contribution is -1.97. The molecular weight excluding hydrogens is 324 g/mol. The first-order valence-corrected chi connectivity index (χ1v) is 8.23. The van der Waals surface area contributed by atoms with E-state index < -0.39 is 0 Å². The molecule has 1 nitrogen and oxygen atoms in total. The van der Waals surface area contributed by atoms with Crippen molar-refractivity contribution in [1.82, 2.24) is 0 Å². The van der Waals surface area contributed by atoms with Crippen LogP contribution in [0.2, 0.25) is 0 Å². The average molecular weight is 342 g/mol. The Morgan fingerprint density at radius 1 is 1.26 bits per heavy atom. The summed E-state index contributed by atoms with van der Waals surface area (Å²) in [5, 5.41) is 0.207. The third-order valence-corrected chi connectivity index (χ3v) is 4.69. The standard InChI is InChI=1S/C16H18BrClO/c17-14-9-12-5-6-19-16(12)13(10-14)7-11-3-1-2-4-15(18)8-11/h8-10,15H,1-7H2. The number of hydrogen-bond donors (Lipinski definition) is 0. The predicted molar refractivity (Wildman–Crippen MR) is 83.2 cm³/mol. The second-order valence-corrected chi connectivity index (χ2v) is 6.89. The lowest BCUT2D eigenvalue weighted by atomic mass is 9.98. The number of benzene rings is 1. The lowest BCUT2D eigenvalue weighted by molar-refractivity contribution is 0.354. The number of hydrogen-bond acceptors (Lipinski definition) is 1. The topological polar surface area (TPSA) is 9.23 Å². The van der Waals surface area contributed by atoms with Gasteiger partial charge in [-0.25, -0.2) is 0 Å². The summed E-state index contributed by atoms with van der Waals surface area (Å²) in [6.07, 6.45) is 9.04. The molecule has 3 rings (SSSR count). The highest BCUT2D eigenvalue weighted by Crippen LogP contribution is 2.35. The number of allylic oxidation sites excluding steroid dienone is 2. The molecule has 3 heteroatoms. The van der Waals surface area contributed by atoms with E-state index in [0.29, 0.717) is 0 Å². The second kappa shape index (κ2) is 5.88. The zero-order valence-electron chi connectivity index (χ0n) is 10.9. The molecule has 1 aliphatic heterocycles. The Morgan fingerprint density at radius 2 is 2.16 bits per heavy atom. The molecule has 19 heavy (non-hydrogen) atoms.